The van der Waals surface area contributed by atoms with Gasteiger partial charge in [-0.2, -0.15) is 14.9 Å². The molecule has 0 amide bonds. The van der Waals surface area contributed by atoms with Crippen molar-refractivity contribution in [2.75, 3.05) is 13.2 Å². The molecular formula is C18H24N4O2S. The van der Waals surface area contributed by atoms with Gasteiger partial charge in [-0.25, -0.2) is 0 Å². The van der Waals surface area contributed by atoms with Gasteiger partial charge in [0.25, 0.3) is 0 Å². The normalized spacial score (nSPS) is 14.2. The van der Waals surface area contributed by atoms with Crippen molar-refractivity contribution in [1.29, 1.82) is 0 Å². The summed E-state index contributed by atoms with van der Waals surface area (Å²) in [6.07, 6.45) is 5.96. The zero-order chi connectivity index (χ0) is 17.6. The van der Waals surface area contributed by atoms with Crippen LogP contribution in [0.15, 0.2) is 23.3 Å². The number of benzene rings is 1. The predicted octanol–water partition coefficient (Wildman–Crippen LogP) is 4.28. The van der Waals surface area contributed by atoms with Gasteiger partial charge in [-0.15, -0.1) is 0 Å². The van der Waals surface area contributed by atoms with Gasteiger partial charge >= 0.3 is 0 Å². The lowest BCUT2D eigenvalue weighted by Gasteiger charge is -2.11. The molecule has 1 aliphatic carbocycles. The number of ether oxygens (including phenoxy) is 2. The molecule has 0 bridgehead atoms. The van der Waals surface area contributed by atoms with Crippen molar-refractivity contribution < 1.29 is 9.47 Å². The first kappa shape index (κ1) is 17.7. The van der Waals surface area contributed by atoms with Crippen molar-refractivity contribution in [3.05, 3.63) is 34.4 Å². The van der Waals surface area contributed by atoms with E-state index in [1.54, 1.807) is 10.9 Å². The Morgan fingerprint density at radius 2 is 2.04 bits per heavy atom. The molecule has 0 radical (unpaired) electrons. The summed E-state index contributed by atoms with van der Waals surface area (Å²) in [6.45, 7) is 5.51. The van der Waals surface area contributed by atoms with Crippen LogP contribution in [0, 0.1) is 4.77 Å². The predicted molar refractivity (Wildman–Crippen MR) is 100 cm³/mol. The number of aromatic amines is 1. The van der Waals surface area contributed by atoms with Crippen molar-refractivity contribution in [2.45, 2.75) is 45.4 Å². The van der Waals surface area contributed by atoms with Gasteiger partial charge < -0.3 is 9.47 Å². The standard InChI is InChI=1S/C18H24N4O2S/c1-3-9-23-15-8-7-14(16(11-15)24-10-4-2)12-19-22-17(13-5-6-13)20-21-18(22)25/h7-8,11-13H,3-6,9-10H2,1-2H3,(H,21,25)/b19-12-. The summed E-state index contributed by atoms with van der Waals surface area (Å²) in [5, 5.41) is 11.6. The van der Waals surface area contributed by atoms with E-state index in [0.717, 1.165) is 48.6 Å². The van der Waals surface area contributed by atoms with E-state index in [1.165, 1.54) is 0 Å². The van der Waals surface area contributed by atoms with Gasteiger partial charge in [0.2, 0.25) is 4.77 Å². The quantitative estimate of drug-likeness (QED) is 0.535. The summed E-state index contributed by atoms with van der Waals surface area (Å²) < 4.78 is 13.8. The van der Waals surface area contributed by atoms with Gasteiger partial charge in [-0.05, 0) is 50.0 Å². The first-order valence-corrected chi connectivity index (χ1v) is 9.25. The summed E-state index contributed by atoms with van der Waals surface area (Å²) in [5.74, 6) is 2.94. The first-order chi connectivity index (χ1) is 12.2. The van der Waals surface area contributed by atoms with Crippen LogP contribution in [-0.4, -0.2) is 34.3 Å². The molecule has 1 aromatic carbocycles. The molecule has 25 heavy (non-hydrogen) atoms. The van der Waals surface area contributed by atoms with Crippen LogP contribution in [0.3, 0.4) is 0 Å². The molecule has 0 atom stereocenters. The summed E-state index contributed by atoms with van der Waals surface area (Å²) >= 11 is 5.29. The number of nitrogens with zero attached hydrogens (tertiary/aromatic N) is 3. The van der Waals surface area contributed by atoms with Crippen LogP contribution in [0.1, 0.15) is 56.8 Å². The number of H-pyrrole nitrogens is 1. The van der Waals surface area contributed by atoms with E-state index < -0.39 is 0 Å². The second-order valence-corrected chi connectivity index (χ2v) is 6.50. The van der Waals surface area contributed by atoms with E-state index in [4.69, 9.17) is 21.7 Å². The van der Waals surface area contributed by atoms with Gasteiger partial charge in [0, 0.05) is 17.5 Å². The van der Waals surface area contributed by atoms with Crippen LogP contribution < -0.4 is 9.47 Å². The first-order valence-electron chi connectivity index (χ1n) is 8.84. The maximum Gasteiger partial charge on any atom is 0.216 e. The van der Waals surface area contributed by atoms with Crippen molar-refractivity contribution in [3.63, 3.8) is 0 Å². The Bertz CT molecular complexity index is 793. The molecule has 2 aromatic rings. The van der Waals surface area contributed by atoms with Gasteiger partial charge in [-0.1, -0.05) is 13.8 Å². The molecule has 1 fully saturated rings. The van der Waals surface area contributed by atoms with E-state index in [1.807, 2.05) is 18.2 Å². The molecule has 1 aliphatic rings. The highest BCUT2D eigenvalue weighted by Gasteiger charge is 2.29. The van der Waals surface area contributed by atoms with Crippen molar-refractivity contribution in [2.24, 2.45) is 5.10 Å². The third-order valence-electron chi connectivity index (χ3n) is 3.85. The molecule has 0 aliphatic heterocycles. The lowest BCUT2D eigenvalue weighted by atomic mass is 10.2. The van der Waals surface area contributed by atoms with E-state index in [0.29, 0.717) is 23.9 Å². The number of rotatable bonds is 9. The van der Waals surface area contributed by atoms with E-state index >= 15 is 0 Å². The number of hydrogen-bond donors (Lipinski definition) is 1. The molecule has 0 unspecified atom stereocenters. The Kier molecular flexibility index (Phi) is 5.86. The number of nitrogens with one attached hydrogen (secondary N) is 1. The molecule has 0 spiro atoms. The fourth-order valence-corrected chi connectivity index (χ4v) is 2.60. The highest BCUT2D eigenvalue weighted by atomic mass is 32.1. The fraction of sp³-hybridized carbons (Fsp3) is 0.500. The second-order valence-electron chi connectivity index (χ2n) is 6.11. The SMILES string of the molecule is CCCOc1ccc(/C=N\n2c(C3CC3)n[nH]c2=S)c(OCCC)c1. The van der Waals surface area contributed by atoms with Gasteiger partial charge in [0.05, 0.1) is 19.4 Å². The van der Waals surface area contributed by atoms with E-state index in [-0.39, 0.29) is 0 Å². The molecule has 1 aromatic heterocycles. The van der Waals surface area contributed by atoms with E-state index in [2.05, 4.69) is 29.1 Å². The van der Waals surface area contributed by atoms with Crippen LogP contribution in [-0.2, 0) is 0 Å². The number of hydrogen-bond acceptors (Lipinski definition) is 5. The average Bonchev–Trinajstić information content (AvgIpc) is 3.40. The Morgan fingerprint density at radius 3 is 2.76 bits per heavy atom. The van der Waals surface area contributed by atoms with Gasteiger partial charge in [0.1, 0.15) is 11.5 Å². The Hall–Kier alpha value is -2.15. The highest BCUT2D eigenvalue weighted by Crippen LogP contribution is 2.38. The summed E-state index contributed by atoms with van der Waals surface area (Å²) in [5.41, 5.74) is 0.891. The highest BCUT2D eigenvalue weighted by molar-refractivity contribution is 7.71. The van der Waals surface area contributed by atoms with Crippen molar-refractivity contribution >= 4 is 18.4 Å². The zero-order valence-electron chi connectivity index (χ0n) is 14.7. The third kappa shape index (κ3) is 4.48. The molecule has 7 heteroatoms. The third-order valence-corrected chi connectivity index (χ3v) is 4.11. The van der Waals surface area contributed by atoms with Gasteiger partial charge in [-0.3, -0.25) is 5.10 Å². The minimum atomic E-state index is 0.464. The minimum Gasteiger partial charge on any atom is -0.493 e. The lowest BCUT2D eigenvalue weighted by Crippen LogP contribution is -2.02. The smallest absolute Gasteiger partial charge is 0.216 e. The monoisotopic (exact) mass is 360 g/mol. The van der Waals surface area contributed by atoms with Gasteiger partial charge in [0.15, 0.2) is 5.82 Å². The lowest BCUT2D eigenvalue weighted by molar-refractivity contribution is 0.301. The molecular weight excluding hydrogens is 336 g/mol. The van der Waals surface area contributed by atoms with Crippen LogP contribution in [0.5, 0.6) is 11.5 Å². The average molecular weight is 360 g/mol. The van der Waals surface area contributed by atoms with Crippen LogP contribution in [0.25, 0.3) is 0 Å². The van der Waals surface area contributed by atoms with Crippen LogP contribution in [0.2, 0.25) is 0 Å². The van der Waals surface area contributed by atoms with E-state index in [9.17, 15) is 0 Å². The van der Waals surface area contributed by atoms with Crippen molar-refractivity contribution in [1.82, 2.24) is 14.9 Å². The summed E-state index contributed by atoms with van der Waals surface area (Å²) in [7, 11) is 0. The summed E-state index contributed by atoms with van der Waals surface area (Å²) in [4.78, 5) is 0. The molecule has 3 rings (SSSR count). The Morgan fingerprint density at radius 1 is 1.28 bits per heavy atom. The maximum atomic E-state index is 5.87. The molecule has 1 N–H and O–H groups in total. The Labute approximate surface area is 152 Å². The molecule has 6 nitrogen and oxygen atoms in total. The maximum absolute atomic E-state index is 5.87. The minimum absolute atomic E-state index is 0.464. The van der Waals surface area contributed by atoms with Crippen LogP contribution in [0.4, 0.5) is 0 Å². The Balaban J connectivity index is 1.85. The summed E-state index contributed by atoms with van der Waals surface area (Å²) in [6, 6.07) is 5.81. The second kappa shape index (κ2) is 8.29. The largest absolute Gasteiger partial charge is 0.493 e. The topological polar surface area (TPSA) is 64.4 Å². The molecule has 0 saturated heterocycles. The molecule has 134 valence electrons. The van der Waals surface area contributed by atoms with Crippen LogP contribution >= 0.6 is 12.2 Å². The van der Waals surface area contributed by atoms with Crippen molar-refractivity contribution in [3.8, 4) is 11.5 Å². The molecule has 1 saturated carbocycles. The fourth-order valence-electron chi connectivity index (χ4n) is 2.41. The number of aromatic nitrogens is 3. The molecule has 1 heterocycles. The zero-order valence-corrected chi connectivity index (χ0v) is 15.5.